The average Bonchev–Trinajstić information content (AvgIpc) is 2.27. The summed E-state index contributed by atoms with van der Waals surface area (Å²) >= 11 is 5.56. The number of halogens is 3. The standard InChI is InChI=1S/C10H10Cl2FNO4S/c1-18-3-2-14-10(15)6-4-9(19(12,16)17)7(11)5-8(6)13/h4-5H,2-3H2,1H3,(H,14,15). The molecule has 0 atom stereocenters. The van der Waals surface area contributed by atoms with Gasteiger partial charge in [-0.05, 0) is 12.1 Å². The fourth-order valence-corrected chi connectivity index (χ4v) is 2.76. The van der Waals surface area contributed by atoms with Crippen molar-refractivity contribution in [1.29, 1.82) is 0 Å². The Kier molecular flexibility index (Phi) is 5.54. The van der Waals surface area contributed by atoms with Crippen LogP contribution in [-0.2, 0) is 13.8 Å². The summed E-state index contributed by atoms with van der Waals surface area (Å²) in [5.41, 5.74) is -0.459. The molecule has 0 heterocycles. The van der Waals surface area contributed by atoms with Gasteiger partial charge >= 0.3 is 0 Å². The van der Waals surface area contributed by atoms with Crippen molar-refractivity contribution in [2.24, 2.45) is 0 Å². The number of carbonyl (C=O) groups is 1. The maximum absolute atomic E-state index is 13.6. The van der Waals surface area contributed by atoms with E-state index in [2.05, 4.69) is 5.32 Å². The zero-order chi connectivity index (χ0) is 14.6. The number of hydrogen-bond acceptors (Lipinski definition) is 4. The Morgan fingerprint density at radius 3 is 2.63 bits per heavy atom. The summed E-state index contributed by atoms with van der Waals surface area (Å²) in [6.07, 6.45) is 0. The van der Waals surface area contributed by atoms with Gasteiger partial charge in [-0.3, -0.25) is 4.79 Å². The molecule has 0 saturated carbocycles. The normalized spacial score (nSPS) is 11.4. The van der Waals surface area contributed by atoms with Crippen molar-refractivity contribution < 1.29 is 22.3 Å². The summed E-state index contributed by atoms with van der Waals surface area (Å²) in [7, 11) is 2.41. The number of ether oxygens (including phenoxy) is 1. The van der Waals surface area contributed by atoms with Gasteiger partial charge in [0.05, 0.1) is 17.2 Å². The van der Waals surface area contributed by atoms with Crippen LogP contribution in [0.25, 0.3) is 0 Å². The molecule has 0 aliphatic rings. The first-order valence-corrected chi connectivity index (χ1v) is 7.67. The molecule has 0 unspecified atom stereocenters. The summed E-state index contributed by atoms with van der Waals surface area (Å²) in [6.45, 7) is 0.391. The largest absolute Gasteiger partial charge is 0.383 e. The van der Waals surface area contributed by atoms with Gasteiger partial charge in [0.25, 0.3) is 15.0 Å². The van der Waals surface area contributed by atoms with Gasteiger partial charge in [0.15, 0.2) is 0 Å². The van der Waals surface area contributed by atoms with Crippen LogP contribution in [0.1, 0.15) is 10.4 Å². The Morgan fingerprint density at radius 2 is 2.11 bits per heavy atom. The fourth-order valence-electron chi connectivity index (χ4n) is 1.25. The summed E-state index contributed by atoms with van der Waals surface area (Å²) in [5, 5.41) is 1.97. The molecule has 106 valence electrons. The molecule has 0 aromatic heterocycles. The second-order valence-electron chi connectivity index (χ2n) is 3.45. The van der Waals surface area contributed by atoms with Crippen molar-refractivity contribution >= 4 is 37.2 Å². The summed E-state index contributed by atoms with van der Waals surface area (Å²) in [4.78, 5) is 11.1. The van der Waals surface area contributed by atoms with Gasteiger partial charge in [0.2, 0.25) is 0 Å². The quantitative estimate of drug-likeness (QED) is 0.660. The topological polar surface area (TPSA) is 72.5 Å². The molecule has 1 rings (SSSR count). The number of nitrogens with one attached hydrogen (secondary N) is 1. The van der Waals surface area contributed by atoms with Crippen LogP contribution in [0.5, 0.6) is 0 Å². The van der Waals surface area contributed by atoms with Crippen LogP contribution in [0.3, 0.4) is 0 Å². The number of rotatable bonds is 5. The number of amides is 1. The molecule has 1 N–H and O–H groups in total. The Morgan fingerprint density at radius 1 is 1.47 bits per heavy atom. The van der Waals surface area contributed by atoms with E-state index in [1.165, 1.54) is 7.11 Å². The van der Waals surface area contributed by atoms with Crippen LogP contribution >= 0.6 is 22.3 Å². The Balaban J connectivity index is 3.11. The second-order valence-corrected chi connectivity index (χ2v) is 6.39. The molecule has 0 aliphatic carbocycles. The van der Waals surface area contributed by atoms with E-state index in [0.29, 0.717) is 0 Å². The fraction of sp³-hybridized carbons (Fsp3) is 0.300. The highest BCUT2D eigenvalue weighted by molar-refractivity contribution is 8.13. The van der Waals surface area contributed by atoms with Crippen molar-refractivity contribution in [3.8, 4) is 0 Å². The first-order chi connectivity index (χ1) is 8.77. The second kappa shape index (κ2) is 6.51. The predicted octanol–water partition coefficient (Wildman–Crippen LogP) is 1.78. The SMILES string of the molecule is COCCNC(=O)c1cc(S(=O)(=O)Cl)c(Cl)cc1F. The molecule has 1 aromatic carbocycles. The lowest BCUT2D eigenvalue weighted by atomic mass is 10.2. The van der Waals surface area contributed by atoms with Crippen LogP contribution in [0, 0.1) is 5.82 Å². The molecule has 5 nitrogen and oxygen atoms in total. The number of carbonyl (C=O) groups excluding carboxylic acids is 1. The van der Waals surface area contributed by atoms with E-state index < -0.39 is 31.2 Å². The molecule has 0 radical (unpaired) electrons. The van der Waals surface area contributed by atoms with Crippen molar-refractivity contribution in [3.63, 3.8) is 0 Å². The summed E-state index contributed by atoms with van der Waals surface area (Å²) < 4.78 is 40.7. The highest BCUT2D eigenvalue weighted by atomic mass is 35.7. The predicted molar refractivity (Wildman–Crippen MR) is 68.7 cm³/mol. The molecule has 19 heavy (non-hydrogen) atoms. The van der Waals surface area contributed by atoms with E-state index in [1.54, 1.807) is 0 Å². The van der Waals surface area contributed by atoms with Gasteiger partial charge in [-0.15, -0.1) is 0 Å². The van der Waals surface area contributed by atoms with Gasteiger partial charge in [0.1, 0.15) is 10.7 Å². The van der Waals surface area contributed by atoms with Crippen LogP contribution in [0.15, 0.2) is 17.0 Å². The number of methoxy groups -OCH3 is 1. The lowest BCUT2D eigenvalue weighted by molar-refractivity contribution is 0.0933. The van der Waals surface area contributed by atoms with Crippen LogP contribution in [-0.4, -0.2) is 34.6 Å². The van der Waals surface area contributed by atoms with Crippen LogP contribution in [0.2, 0.25) is 5.02 Å². The van der Waals surface area contributed by atoms with Crippen molar-refractivity contribution in [2.75, 3.05) is 20.3 Å². The smallest absolute Gasteiger partial charge is 0.262 e. The first kappa shape index (κ1) is 16.2. The summed E-state index contributed by atoms with van der Waals surface area (Å²) in [6, 6.07) is 1.52. The van der Waals surface area contributed by atoms with Crippen molar-refractivity contribution in [1.82, 2.24) is 5.32 Å². The Labute approximate surface area is 119 Å². The molecule has 1 amide bonds. The minimum Gasteiger partial charge on any atom is -0.383 e. The van der Waals surface area contributed by atoms with Gasteiger partial charge in [0, 0.05) is 24.3 Å². The molecule has 0 bridgehead atoms. The molecule has 0 aliphatic heterocycles. The van der Waals surface area contributed by atoms with Gasteiger partial charge in [-0.2, -0.15) is 0 Å². The van der Waals surface area contributed by atoms with Crippen LogP contribution in [0.4, 0.5) is 4.39 Å². The lowest BCUT2D eigenvalue weighted by Crippen LogP contribution is -2.27. The maximum atomic E-state index is 13.6. The molecular formula is C10H10Cl2FNO4S. The number of hydrogen-bond donors (Lipinski definition) is 1. The van der Waals surface area contributed by atoms with Crippen LogP contribution < -0.4 is 5.32 Å². The highest BCUT2D eigenvalue weighted by Crippen LogP contribution is 2.27. The Bertz CT molecular complexity index is 591. The third kappa shape index (κ3) is 4.31. The molecule has 9 heteroatoms. The minimum absolute atomic E-state index is 0.153. The summed E-state index contributed by atoms with van der Waals surface area (Å²) in [5.74, 6) is -1.73. The van der Waals surface area contributed by atoms with Gasteiger partial charge in [-0.1, -0.05) is 11.6 Å². The molecule has 0 spiro atoms. The highest BCUT2D eigenvalue weighted by Gasteiger charge is 2.21. The molecule has 1 aromatic rings. The third-order valence-electron chi connectivity index (χ3n) is 2.12. The molecule has 0 fully saturated rings. The van der Waals surface area contributed by atoms with Gasteiger partial charge in [-0.25, -0.2) is 12.8 Å². The minimum atomic E-state index is -4.16. The van der Waals surface area contributed by atoms with Crippen molar-refractivity contribution in [2.45, 2.75) is 4.90 Å². The number of benzene rings is 1. The molecule has 0 saturated heterocycles. The molecular weight excluding hydrogens is 320 g/mol. The van der Waals surface area contributed by atoms with E-state index in [1.807, 2.05) is 0 Å². The Hall–Kier alpha value is -0.890. The van der Waals surface area contributed by atoms with Crippen molar-refractivity contribution in [3.05, 3.63) is 28.5 Å². The van der Waals surface area contributed by atoms with E-state index in [9.17, 15) is 17.6 Å². The van der Waals surface area contributed by atoms with E-state index in [4.69, 9.17) is 27.0 Å². The van der Waals surface area contributed by atoms with E-state index in [-0.39, 0.29) is 18.2 Å². The van der Waals surface area contributed by atoms with E-state index in [0.717, 1.165) is 12.1 Å². The first-order valence-electron chi connectivity index (χ1n) is 4.98. The lowest BCUT2D eigenvalue weighted by Gasteiger charge is -2.08. The zero-order valence-corrected chi connectivity index (χ0v) is 12.1. The zero-order valence-electron chi connectivity index (χ0n) is 9.74. The third-order valence-corrected chi connectivity index (χ3v) is 3.91. The average molecular weight is 330 g/mol. The van der Waals surface area contributed by atoms with E-state index >= 15 is 0 Å². The van der Waals surface area contributed by atoms with Gasteiger partial charge < -0.3 is 10.1 Å². The monoisotopic (exact) mass is 329 g/mol. The maximum Gasteiger partial charge on any atom is 0.262 e.